The lowest BCUT2D eigenvalue weighted by Crippen LogP contribution is -2.08. The molecule has 3 aromatic rings. The number of aromatic hydroxyl groups is 1. The van der Waals surface area contributed by atoms with Gasteiger partial charge in [-0.3, -0.25) is 4.79 Å². The van der Waals surface area contributed by atoms with Crippen molar-refractivity contribution in [3.63, 3.8) is 0 Å². The van der Waals surface area contributed by atoms with Crippen molar-refractivity contribution in [1.29, 1.82) is 0 Å². The minimum atomic E-state index is -3.00. The molecule has 1 aliphatic carbocycles. The highest BCUT2D eigenvalue weighted by Gasteiger charge is 2.45. The number of carbonyl (C=O) groups is 1. The van der Waals surface area contributed by atoms with Gasteiger partial charge in [0, 0.05) is 18.2 Å². The minimum Gasteiger partial charge on any atom is -0.508 e. The molecule has 2 atom stereocenters. The normalized spacial score (nSPS) is 16.8. The van der Waals surface area contributed by atoms with E-state index in [0.717, 1.165) is 33.6 Å². The lowest BCUT2D eigenvalue weighted by Gasteiger charge is -2.15. The molecular weight excluding hydrogens is 492 g/mol. The first kappa shape index (κ1) is 26.5. The maximum absolute atomic E-state index is 11.3. The molecule has 0 spiro atoms. The molecule has 0 radical (unpaired) electrons. The van der Waals surface area contributed by atoms with Gasteiger partial charge in [0.2, 0.25) is 0 Å². The molecule has 8 heteroatoms. The molecule has 1 aliphatic rings. The third kappa shape index (κ3) is 6.83. The van der Waals surface area contributed by atoms with E-state index >= 15 is 0 Å². The first-order valence-corrected chi connectivity index (χ1v) is 14.3. The molecule has 196 valence electrons. The molecule has 2 N–H and O–H groups in total. The second-order valence-electron chi connectivity index (χ2n) is 9.76. The zero-order chi connectivity index (χ0) is 26.7. The average Bonchev–Trinajstić information content (AvgIpc) is 3.61. The predicted molar refractivity (Wildman–Crippen MR) is 142 cm³/mol. The van der Waals surface area contributed by atoms with Crippen LogP contribution in [0.2, 0.25) is 0 Å². The first-order valence-electron chi connectivity index (χ1n) is 12.2. The number of aliphatic carboxylic acids is 1. The van der Waals surface area contributed by atoms with E-state index in [1.807, 2.05) is 44.2 Å². The molecule has 1 saturated carbocycles. The van der Waals surface area contributed by atoms with Crippen molar-refractivity contribution < 1.29 is 32.9 Å². The Morgan fingerprint density at radius 2 is 1.73 bits per heavy atom. The van der Waals surface area contributed by atoms with Crippen LogP contribution in [0.3, 0.4) is 0 Å². The quantitative estimate of drug-likeness (QED) is 0.329. The van der Waals surface area contributed by atoms with Crippen LogP contribution in [0.25, 0.3) is 11.1 Å². The molecule has 0 amide bonds. The van der Waals surface area contributed by atoms with Crippen LogP contribution in [0.15, 0.2) is 54.6 Å². The third-order valence-corrected chi connectivity index (χ3v) is 7.59. The lowest BCUT2D eigenvalue weighted by molar-refractivity contribution is -0.138. The SMILES string of the molecule is Cc1cc(OCCCS(C)(=O)=O)cc(C)c1-c1cccc(COc2ccc([C@H]3CC3C(=O)O)c(O)c2)c1. The van der Waals surface area contributed by atoms with Gasteiger partial charge in [0.15, 0.2) is 0 Å². The van der Waals surface area contributed by atoms with Crippen molar-refractivity contribution in [2.75, 3.05) is 18.6 Å². The Labute approximate surface area is 217 Å². The first-order chi connectivity index (χ1) is 17.5. The summed E-state index contributed by atoms with van der Waals surface area (Å²) in [5.41, 5.74) is 5.87. The van der Waals surface area contributed by atoms with Gasteiger partial charge >= 0.3 is 5.97 Å². The highest BCUT2D eigenvalue weighted by molar-refractivity contribution is 7.90. The van der Waals surface area contributed by atoms with Gasteiger partial charge in [0.25, 0.3) is 0 Å². The summed E-state index contributed by atoms with van der Waals surface area (Å²) in [5, 5.41) is 19.5. The van der Waals surface area contributed by atoms with Crippen LogP contribution in [0.5, 0.6) is 17.2 Å². The Hall–Kier alpha value is -3.52. The fraction of sp³-hybridized carbons (Fsp3) is 0.345. The number of benzene rings is 3. The lowest BCUT2D eigenvalue weighted by atomic mass is 9.94. The van der Waals surface area contributed by atoms with Gasteiger partial charge in [0.05, 0.1) is 18.3 Å². The number of hydrogen-bond acceptors (Lipinski definition) is 6. The molecule has 1 fully saturated rings. The molecule has 0 aromatic heterocycles. The van der Waals surface area contributed by atoms with E-state index in [1.165, 1.54) is 6.26 Å². The summed E-state index contributed by atoms with van der Waals surface area (Å²) in [4.78, 5) is 11.1. The Bertz CT molecular complexity index is 1390. The van der Waals surface area contributed by atoms with Gasteiger partial charge in [-0.2, -0.15) is 0 Å². The predicted octanol–water partition coefficient (Wildman–Crippen LogP) is 5.26. The summed E-state index contributed by atoms with van der Waals surface area (Å²) < 4.78 is 34.3. The van der Waals surface area contributed by atoms with E-state index in [0.29, 0.717) is 37.4 Å². The second kappa shape index (κ2) is 10.8. The van der Waals surface area contributed by atoms with Crippen LogP contribution in [-0.4, -0.2) is 43.2 Å². The molecule has 0 heterocycles. The van der Waals surface area contributed by atoms with Gasteiger partial charge in [-0.05, 0) is 84.3 Å². The van der Waals surface area contributed by atoms with Crippen molar-refractivity contribution in [2.45, 2.75) is 39.2 Å². The van der Waals surface area contributed by atoms with E-state index in [9.17, 15) is 18.3 Å². The van der Waals surface area contributed by atoms with Crippen molar-refractivity contribution in [3.8, 4) is 28.4 Å². The molecule has 3 aromatic carbocycles. The second-order valence-corrected chi connectivity index (χ2v) is 12.0. The maximum atomic E-state index is 11.3. The van der Waals surface area contributed by atoms with Crippen LogP contribution in [0.4, 0.5) is 0 Å². The Kier molecular flexibility index (Phi) is 7.78. The smallest absolute Gasteiger partial charge is 0.307 e. The highest BCUT2D eigenvalue weighted by atomic mass is 32.2. The number of carboxylic acids is 1. The largest absolute Gasteiger partial charge is 0.508 e. The van der Waals surface area contributed by atoms with E-state index in [4.69, 9.17) is 14.6 Å². The van der Waals surface area contributed by atoms with Crippen LogP contribution in [0, 0.1) is 19.8 Å². The number of hydrogen-bond donors (Lipinski definition) is 2. The van der Waals surface area contributed by atoms with E-state index in [-0.39, 0.29) is 17.4 Å². The van der Waals surface area contributed by atoms with Gasteiger partial charge < -0.3 is 19.7 Å². The fourth-order valence-electron chi connectivity index (χ4n) is 4.70. The molecule has 0 bridgehead atoms. The van der Waals surface area contributed by atoms with E-state index in [1.54, 1.807) is 18.2 Å². The van der Waals surface area contributed by atoms with Crippen molar-refractivity contribution in [1.82, 2.24) is 0 Å². The van der Waals surface area contributed by atoms with Crippen molar-refractivity contribution in [2.24, 2.45) is 5.92 Å². The number of carboxylic acid groups (broad SMARTS) is 1. The zero-order valence-corrected chi connectivity index (χ0v) is 22.0. The van der Waals surface area contributed by atoms with Gasteiger partial charge in [-0.1, -0.05) is 24.3 Å². The van der Waals surface area contributed by atoms with Crippen LogP contribution in [-0.2, 0) is 21.2 Å². The average molecular weight is 525 g/mol. The number of ether oxygens (including phenoxy) is 2. The third-order valence-electron chi connectivity index (χ3n) is 6.56. The summed E-state index contributed by atoms with van der Waals surface area (Å²) in [5.74, 6) is 0.00576. The number of sulfone groups is 1. The van der Waals surface area contributed by atoms with Crippen LogP contribution >= 0.6 is 0 Å². The molecule has 0 saturated heterocycles. The van der Waals surface area contributed by atoms with Gasteiger partial charge in [-0.25, -0.2) is 8.42 Å². The summed E-state index contributed by atoms with van der Waals surface area (Å²) in [6.07, 6.45) is 2.22. The Morgan fingerprint density at radius 3 is 2.35 bits per heavy atom. The van der Waals surface area contributed by atoms with E-state index < -0.39 is 21.7 Å². The van der Waals surface area contributed by atoms with E-state index in [2.05, 4.69) is 6.07 Å². The summed E-state index contributed by atoms with van der Waals surface area (Å²) in [7, 11) is -3.00. The molecular formula is C29H32O7S. The Balaban J connectivity index is 1.41. The zero-order valence-electron chi connectivity index (χ0n) is 21.2. The summed E-state index contributed by atoms with van der Waals surface area (Å²) in [6.45, 7) is 4.70. The number of rotatable bonds is 11. The van der Waals surface area contributed by atoms with Crippen LogP contribution < -0.4 is 9.47 Å². The monoisotopic (exact) mass is 524 g/mol. The maximum Gasteiger partial charge on any atom is 0.307 e. The summed E-state index contributed by atoms with van der Waals surface area (Å²) in [6, 6.07) is 17.0. The van der Waals surface area contributed by atoms with Gasteiger partial charge in [0.1, 0.15) is 33.7 Å². The number of aryl methyl sites for hydroxylation is 2. The molecule has 4 rings (SSSR count). The topological polar surface area (TPSA) is 110 Å². The van der Waals surface area contributed by atoms with Crippen molar-refractivity contribution in [3.05, 3.63) is 76.9 Å². The van der Waals surface area contributed by atoms with Gasteiger partial charge in [-0.15, -0.1) is 0 Å². The number of phenolic OH excluding ortho intramolecular Hbond substituents is 1. The highest BCUT2D eigenvalue weighted by Crippen LogP contribution is 2.50. The molecule has 7 nitrogen and oxygen atoms in total. The molecule has 1 unspecified atom stereocenters. The minimum absolute atomic E-state index is 0.0601. The Morgan fingerprint density at radius 1 is 1.00 bits per heavy atom. The van der Waals surface area contributed by atoms with Crippen LogP contribution in [0.1, 0.15) is 41.0 Å². The fourth-order valence-corrected chi connectivity index (χ4v) is 5.34. The number of phenols is 1. The summed E-state index contributed by atoms with van der Waals surface area (Å²) >= 11 is 0. The van der Waals surface area contributed by atoms with Crippen molar-refractivity contribution >= 4 is 15.8 Å². The molecule has 37 heavy (non-hydrogen) atoms. The molecule has 0 aliphatic heterocycles. The standard InChI is InChI=1S/C29H32O7S/c1-18-12-23(35-10-5-11-37(3,33)34)13-19(2)28(18)21-7-4-6-20(14-21)17-36-22-8-9-24(27(30)15-22)25-16-26(25)29(31)32/h4,6-9,12-15,25-26,30H,5,10-11,16-17H2,1-3H3,(H,31,32)/t25-,26?/m1/s1.